The summed E-state index contributed by atoms with van der Waals surface area (Å²) in [6, 6.07) is 5.19. The maximum atomic E-state index is 11.2. The number of methoxy groups -OCH3 is 3. The molecule has 1 aromatic carbocycles. The van der Waals surface area contributed by atoms with Crippen LogP contribution in [0, 0.1) is 0 Å². The monoisotopic (exact) mass is 270 g/mol. The summed E-state index contributed by atoms with van der Waals surface area (Å²) < 4.78 is 25.0. The van der Waals surface area contributed by atoms with Crippen LogP contribution in [-0.2, 0) is 25.4 Å². The van der Waals surface area contributed by atoms with Gasteiger partial charge in [-0.05, 0) is 17.7 Å². The predicted molar refractivity (Wildman–Crippen MR) is 67.2 cm³/mol. The van der Waals surface area contributed by atoms with E-state index in [-0.39, 0.29) is 26.0 Å². The van der Waals surface area contributed by atoms with Crippen molar-refractivity contribution in [1.82, 2.24) is 0 Å². The van der Waals surface area contributed by atoms with Crippen LogP contribution in [0.2, 0.25) is 0 Å². The molecule has 19 heavy (non-hydrogen) atoms. The van der Waals surface area contributed by atoms with Crippen molar-refractivity contribution in [2.45, 2.75) is 6.42 Å². The fraction of sp³-hybridized carbons (Fsp3) is 0.462. The van der Waals surface area contributed by atoms with Crippen molar-refractivity contribution >= 4 is 5.97 Å². The maximum Gasteiger partial charge on any atom is 0.309 e. The fourth-order valence-electron chi connectivity index (χ4n) is 1.38. The third-order valence-corrected chi connectivity index (χ3v) is 2.25. The molecule has 0 saturated heterocycles. The Balaban J connectivity index is 2.83. The first-order chi connectivity index (χ1) is 9.21. The third kappa shape index (κ3) is 5.15. The smallest absolute Gasteiger partial charge is 0.309 e. The van der Waals surface area contributed by atoms with Crippen molar-refractivity contribution in [3.8, 4) is 11.5 Å². The molecule has 0 unspecified atom stereocenters. The largest absolute Gasteiger partial charge is 0.469 e. The molecule has 0 radical (unpaired) electrons. The SMILES string of the molecule is COCOc1ccc(CC(=O)OC)cc1OCOC. The highest BCUT2D eigenvalue weighted by Crippen LogP contribution is 2.28. The number of carbonyl (C=O) groups excluding carboxylic acids is 1. The van der Waals surface area contributed by atoms with Gasteiger partial charge in [0.2, 0.25) is 0 Å². The first-order valence-electron chi connectivity index (χ1n) is 5.64. The highest BCUT2D eigenvalue weighted by molar-refractivity contribution is 5.72. The quantitative estimate of drug-likeness (QED) is 0.525. The number of rotatable bonds is 8. The highest BCUT2D eigenvalue weighted by Gasteiger charge is 2.10. The van der Waals surface area contributed by atoms with Crippen LogP contribution in [0.3, 0.4) is 0 Å². The van der Waals surface area contributed by atoms with Crippen LogP contribution in [0.1, 0.15) is 5.56 Å². The Morgan fingerprint density at radius 1 is 1.00 bits per heavy atom. The molecular formula is C13H18O6. The second-order valence-corrected chi connectivity index (χ2v) is 3.64. The molecule has 0 atom stereocenters. The lowest BCUT2D eigenvalue weighted by Gasteiger charge is -2.13. The van der Waals surface area contributed by atoms with Crippen molar-refractivity contribution < 1.29 is 28.5 Å². The van der Waals surface area contributed by atoms with Gasteiger partial charge in [-0.2, -0.15) is 0 Å². The topological polar surface area (TPSA) is 63.2 Å². The van der Waals surface area contributed by atoms with E-state index in [0.29, 0.717) is 11.5 Å². The summed E-state index contributed by atoms with van der Waals surface area (Å²) in [4.78, 5) is 11.2. The van der Waals surface area contributed by atoms with Gasteiger partial charge >= 0.3 is 5.97 Å². The standard InChI is InChI=1S/C13H18O6/c1-15-8-18-11-5-4-10(7-13(14)17-3)6-12(11)19-9-16-2/h4-6H,7-9H2,1-3H3. The maximum absolute atomic E-state index is 11.2. The Bertz CT molecular complexity index is 404. The lowest BCUT2D eigenvalue weighted by molar-refractivity contribution is -0.139. The van der Waals surface area contributed by atoms with Gasteiger partial charge in [0.1, 0.15) is 0 Å². The van der Waals surface area contributed by atoms with E-state index in [9.17, 15) is 4.79 Å². The van der Waals surface area contributed by atoms with E-state index in [1.807, 2.05) is 0 Å². The van der Waals surface area contributed by atoms with Crippen LogP contribution in [0.25, 0.3) is 0 Å². The van der Waals surface area contributed by atoms with Crippen molar-refractivity contribution in [3.63, 3.8) is 0 Å². The van der Waals surface area contributed by atoms with Crippen LogP contribution in [-0.4, -0.2) is 40.9 Å². The van der Waals surface area contributed by atoms with Crippen LogP contribution >= 0.6 is 0 Å². The minimum atomic E-state index is -0.316. The molecule has 0 bridgehead atoms. The number of hydrogen-bond donors (Lipinski definition) is 0. The van der Waals surface area contributed by atoms with E-state index in [1.165, 1.54) is 21.3 Å². The average Bonchev–Trinajstić information content (AvgIpc) is 2.43. The number of carbonyl (C=O) groups is 1. The van der Waals surface area contributed by atoms with Crippen LogP contribution in [0.4, 0.5) is 0 Å². The van der Waals surface area contributed by atoms with E-state index in [2.05, 4.69) is 4.74 Å². The van der Waals surface area contributed by atoms with Crippen LogP contribution in [0.15, 0.2) is 18.2 Å². The second kappa shape index (κ2) is 8.34. The number of benzene rings is 1. The summed E-state index contributed by atoms with van der Waals surface area (Å²) in [7, 11) is 4.40. The second-order valence-electron chi connectivity index (χ2n) is 3.64. The predicted octanol–water partition coefficient (Wildman–Crippen LogP) is 1.37. The Hall–Kier alpha value is -1.79. The number of ether oxygens (including phenoxy) is 5. The summed E-state index contributed by atoms with van der Waals surface area (Å²) >= 11 is 0. The average molecular weight is 270 g/mol. The van der Waals surface area contributed by atoms with E-state index < -0.39 is 0 Å². The van der Waals surface area contributed by atoms with Gasteiger partial charge in [-0.25, -0.2) is 0 Å². The van der Waals surface area contributed by atoms with Gasteiger partial charge in [-0.15, -0.1) is 0 Å². The molecule has 0 aliphatic carbocycles. The molecule has 0 saturated carbocycles. The lowest BCUT2D eigenvalue weighted by atomic mass is 10.1. The van der Waals surface area contributed by atoms with Crippen LogP contribution in [0.5, 0.6) is 11.5 Å². The molecule has 0 heterocycles. The Kier molecular flexibility index (Phi) is 6.70. The molecule has 1 rings (SSSR count). The fourth-order valence-corrected chi connectivity index (χ4v) is 1.38. The first-order valence-corrected chi connectivity index (χ1v) is 5.64. The lowest BCUT2D eigenvalue weighted by Crippen LogP contribution is -2.07. The zero-order chi connectivity index (χ0) is 14.1. The van der Waals surface area contributed by atoms with Gasteiger partial charge in [-0.1, -0.05) is 6.07 Å². The van der Waals surface area contributed by atoms with Gasteiger partial charge in [0, 0.05) is 14.2 Å². The highest BCUT2D eigenvalue weighted by atomic mass is 16.7. The molecule has 0 amide bonds. The summed E-state index contributed by atoms with van der Waals surface area (Å²) in [6.45, 7) is 0.199. The van der Waals surface area contributed by atoms with Gasteiger partial charge in [0.15, 0.2) is 25.1 Å². The first kappa shape index (κ1) is 15.3. The Labute approximate surface area is 112 Å². The Morgan fingerprint density at radius 2 is 1.63 bits per heavy atom. The molecule has 0 fully saturated rings. The minimum Gasteiger partial charge on any atom is -0.469 e. The zero-order valence-corrected chi connectivity index (χ0v) is 11.3. The van der Waals surface area contributed by atoms with Crippen molar-refractivity contribution in [3.05, 3.63) is 23.8 Å². The van der Waals surface area contributed by atoms with Gasteiger partial charge < -0.3 is 23.7 Å². The molecule has 0 aliphatic heterocycles. The van der Waals surface area contributed by atoms with Gasteiger partial charge in [0.05, 0.1) is 13.5 Å². The third-order valence-electron chi connectivity index (χ3n) is 2.25. The molecular weight excluding hydrogens is 252 g/mol. The number of esters is 1. The van der Waals surface area contributed by atoms with Crippen molar-refractivity contribution in [2.24, 2.45) is 0 Å². The van der Waals surface area contributed by atoms with Crippen LogP contribution < -0.4 is 9.47 Å². The number of hydrogen-bond acceptors (Lipinski definition) is 6. The Morgan fingerprint density at radius 3 is 2.21 bits per heavy atom. The van der Waals surface area contributed by atoms with E-state index in [1.54, 1.807) is 18.2 Å². The summed E-state index contributed by atoms with van der Waals surface area (Å²) in [6.07, 6.45) is 0.171. The molecule has 0 N–H and O–H groups in total. The van der Waals surface area contributed by atoms with E-state index in [4.69, 9.17) is 18.9 Å². The zero-order valence-electron chi connectivity index (χ0n) is 11.3. The summed E-state index contributed by atoms with van der Waals surface area (Å²) in [5.74, 6) is 0.691. The molecule has 0 aromatic heterocycles. The molecule has 0 aliphatic rings. The van der Waals surface area contributed by atoms with Gasteiger partial charge in [0.25, 0.3) is 0 Å². The molecule has 106 valence electrons. The molecule has 0 spiro atoms. The van der Waals surface area contributed by atoms with Crippen molar-refractivity contribution in [1.29, 1.82) is 0 Å². The minimum absolute atomic E-state index is 0.0883. The van der Waals surface area contributed by atoms with E-state index >= 15 is 0 Å². The summed E-state index contributed by atoms with van der Waals surface area (Å²) in [5, 5.41) is 0. The molecule has 1 aromatic rings. The summed E-state index contributed by atoms with van der Waals surface area (Å²) in [5.41, 5.74) is 0.766. The van der Waals surface area contributed by atoms with Crippen molar-refractivity contribution in [2.75, 3.05) is 34.9 Å². The molecule has 6 nitrogen and oxygen atoms in total. The van der Waals surface area contributed by atoms with E-state index in [0.717, 1.165) is 5.56 Å². The normalized spacial score (nSPS) is 10.1. The molecule has 6 heteroatoms. The van der Waals surface area contributed by atoms with Gasteiger partial charge in [-0.3, -0.25) is 4.79 Å².